The largest absolute Gasteiger partial charge is 0.449 e. The Bertz CT molecular complexity index is 1090. The summed E-state index contributed by atoms with van der Waals surface area (Å²) in [5, 5.41) is 12.0. The minimum absolute atomic E-state index is 0.624. The summed E-state index contributed by atoms with van der Waals surface area (Å²) in [5.74, 6) is 1.66. The third kappa shape index (κ3) is 2.07. The van der Waals surface area contributed by atoms with Gasteiger partial charge in [0.05, 0.1) is 17.0 Å². The molecule has 25 heavy (non-hydrogen) atoms. The zero-order chi connectivity index (χ0) is 17.9. The Morgan fingerprint density at radius 3 is 2.64 bits per heavy atom. The van der Waals surface area contributed by atoms with Crippen LogP contribution in [0.3, 0.4) is 0 Å². The van der Waals surface area contributed by atoms with Gasteiger partial charge in [0.25, 0.3) is 5.69 Å². The maximum Gasteiger partial charge on any atom is 0.256 e. The molecule has 0 atom stereocenters. The number of hydrogen-bond donors (Lipinski definition) is 0. The Morgan fingerprint density at radius 2 is 1.92 bits per heavy atom. The molecule has 2 heterocycles. The Balaban J connectivity index is 2.21. The second-order valence-electron chi connectivity index (χ2n) is 7.40. The third-order valence-electron chi connectivity index (χ3n) is 5.33. The second-order valence-corrected chi connectivity index (χ2v) is 7.40. The predicted octanol–water partition coefficient (Wildman–Crippen LogP) is 4.86. The van der Waals surface area contributed by atoms with Gasteiger partial charge in [-0.1, -0.05) is 18.2 Å². The van der Waals surface area contributed by atoms with Crippen molar-refractivity contribution < 1.29 is 9.30 Å². The smallest absolute Gasteiger partial charge is 0.256 e. The summed E-state index contributed by atoms with van der Waals surface area (Å²) in [6.45, 7) is 8.19. The number of hydrogen-bond acceptors (Lipinski definition) is 2. The van der Waals surface area contributed by atoms with Crippen molar-refractivity contribution in [2.24, 2.45) is 7.05 Å². The first-order valence-corrected chi connectivity index (χ1v) is 8.50. The molecular weight excluding hydrogens is 308 g/mol. The molecule has 1 aliphatic heterocycles. The lowest BCUT2D eigenvalue weighted by molar-refractivity contribution is -0.660. The Kier molecular flexibility index (Phi) is 3.17. The van der Waals surface area contributed by atoms with Gasteiger partial charge in [-0.05, 0) is 50.3 Å². The molecule has 0 bridgehead atoms. The van der Waals surface area contributed by atoms with Crippen LogP contribution in [0.25, 0.3) is 22.0 Å². The Hall–Kier alpha value is -2.86. The van der Waals surface area contributed by atoms with E-state index in [1.54, 1.807) is 0 Å². The number of rotatable bonds is 1. The molecule has 4 rings (SSSR count). The summed E-state index contributed by atoms with van der Waals surface area (Å²) in [4.78, 5) is 0. The summed E-state index contributed by atoms with van der Waals surface area (Å²) >= 11 is 0. The normalized spacial score (nSPS) is 12.5. The van der Waals surface area contributed by atoms with Crippen LogP contribution < -0.4 is 9.30 Å². The van der Waals surface area contributed by atoms with Gasteiger partial charge in [-0.25, -0.2) is 0 Å². The lowest BCUT2D eigenvalue weighted by Gasteiger charge is -2.26. The first kappa shape index (κ1) is 15.7. The van der Waals surface area contributed by atoms with Gasteiger partial charge in [0.15, 0.2) is 6.20 Å². The van der Waals surface area contributed by atoms with Crippen molar-refractivity contribution in [1.82, 2.24) is 0 Å². The van der Waals surface area contributed by atoms with Gasteiger partial charge in [0.2, 0.25) is 5.75 Å². The van der Waals surface area contributed by atoms with Gasteiger partial charge in [0, 0.05) is 17.0 Å². The zero-order valence-electron chi connectivity index (χ0n) is 15.3. The number of ether oxygens (including phenoxy) is 1. The van der Waals surface area contributed by atoms with Crippen LogP contribution in [0.5, 0.6) is 11.5 Å². The molecule has 2 aromatic carbocycles. The second kappa shape index (κ2) is 5.07. The summed E-state index contributed by atoms with van der Waals surface area (Å²) < 4.78 is 8.47. The molecule has 3 heteroatoms. The molecule has 1 aromatic heterocycles. The molecule has 0 radical (unpaired) electrons. The van der Waals surface area contributed by atoms with Crippen LogP contribution in [-0.2, 0) is 12.5 Å². The molecule has 0 aliphatic carbocycles. The molecule has 0 unspecified atom stereocenters. The van der Waals surface area contributed by atoms with E-state index in [4.69, 9.17) is 4.74 Å². The Labute approximate surface area is 148 Å². The van der Waals surface area contributed by atoms with Crippen molar-refractivity contribution in [3.63, 3.8) is 0 Å². The maximum atomic E-state index is 9.65. The quantitative estimate of drug-likeness (QED) is 0.468. The van der Waals surface area contributed by atoms with Crippen LogP contribution in [0.15, 0.2) is 36.5 Å². The maximum absolute atomic E-state index is 9.65. The number of pyridine rings is 1. The van der Waals surface area contributed by atoms with Gasteiger partial charge in [-0.15, -0.1) is 0 Å². The van der Waals surface area contributed by atoms with E-state index in [9.17, 15) is 5.26 Å². The lowest BCUT2D eigenvalue weighted by Crippen LogP contribution is -2.34. The number of benzene rings is 2. The highest BCUT2D eigenvalue weighted by atomic mass is 16.5. The highest BCUT2D eigenvalue weighted by molar-refractivity contribution is 6.04. The third-order valence-corrected chi connectivity index (χ3v) is 5.33. The van der Waals surface area contributed by atoms with Crippen molar-refractivity contribution in [3.05, 3.63) is 53.2 Å². The molecular formula is C22H21N2O+. The van der Waals surface area contributed by atoms with Crippen LogP contribution >= 0.6 is 0 Å². The monoisotopic (exact) mass is 329 g/mol. The van der Waals surface area contributed by atoms with E-state index in [0.717, 1.165) is 28.1 Å². The SMILES string of the molecule is Cc1cc2cccc3c2c(c1C)-c1c(c(C(C)(C)C#N)cc[n+]1C)O3. The molecule has 3 nitrogen and oxygen atoms in total. The van der Waals surface area contributed by atoms with E-state index in [2.05, 4.69) is 36.6 Å². The predicted molar refractivity (Wildman–Crippen MR) is 98.7 cm³/mol. The van der Waals surface area contributed by atoms with Crippen LogP contribution in [0.4, 0.5) is 0 Å². The first-order chi connectivity index (χ1) is 11.8. The van der Waals surface area contributed by atoms with Crippen molar-refractivity contribution >= 4 is 10.8 Å². The molecule has 0 amide bonds. The average molecular weight is 329 g/mol. The van der Waals surface area contributed by atoms with E-state index in [0.29, 0.717) is 0 Å². The molecule has 3 aromatic rings. The molecule has 124 valence electrons. The molecule has 0 N–H and O–H groups in total. The van der Waals surface area contributed by atoms with Crippen molar-refractivity contribution in [2.75, 3.05) is 0 Å². The number of aromatic nitrogens is 1. The van der Waals surface area contributed by atoms with Crippen LogP contribution in [-0.4, -0.2) is 0 Å². The molecule has 0 spiro atoms. The van der Waals surface area contributed by atoms with Gasteiger partial charge in [-0.2, -0.15) is 9.83 Å². The first-order valence-electron chi connectivity index (χ1n) is 8.50. The van der Waals surface area contributed by atoms with Crippen LogP contribution in [0.2, 0.25) is 0 Å². The van der Waals surface area contributed by atoms with E-state index in [1.807, 2.05) is 45.3 Å². The van der Waals surface area contributed by atoms with Gasteiger partial charge in [-0.3, -0.25) is 0 Å². The summed E-state index contributed by atoms with van der Waals surface area (Å²) in [5.41, 5.74) is 5.08. The number of fused-ring (bicyclic) bond motifs is 2. The summed E-state index contributed by atoms with van der Waals surface area (Å²) in [6.07, 6.45) is 2.03. The number of nitrogens with zero attached hydrogens (tertiary/aromatic N) is 2. The fourth-order valence-electron chi connectivity index (χ4n) is 3.72. The van der Waals surface area contributed by atoms with Crippen molar-refractivity contribution in [2.45, 2.75) is 33.1 Å². The fourth-order valence-corrected chi connectivity index (χ4v) is 3.72. The molecule has 0 fully saturated rings. The fraction of sp³-hybridized carbons (Fsp3) is 0.273. The van der Waals surface area contributed by atoms with Crippen LogP contribution in [0, 0.1) is 25.2 Å². The minimum Gasteiger partial charge on any atom is -0.449 e. The average Bonchev–Trinajstić information content (AvgIpc) is 2.58. The highest BCUT2D eigenvalue weighted by Gasteiger charge is 2.36. The van der Waals surface area contributed by atoms with E-state index < -0.39 is 5.41 Å². The van der Waals surface area contributed by atoms with Gasteiger partial charge < -0.3 is 4.74 Å². The summed E-state index contributed by atoms with van der Waals surface area (Å²) in [7, 11) is 2.03. The van der Waals surface area contributed by atoms with Crippen molar-refractivity contribution in [1.29, 1.82) is 5.26 Å². The Morgan fingerprint density at radius 1 is 1.16 bits per heavy atom. The van der Waals surface area contributed by atoms with E-state index >= 15 is 0 Å². The standard InChI is InChI=1S/C22H21N2O/c1-13-11-15-7-6-8-17-19(15)18(14(13)2)20-21(25-17)16(9-10-24(20)5)22(3,4)12-23/h6-11H,1-5H3/q+1. The lowest BCUT2D eigenvalue weighted by atomic mass is 9.83. The topological polar surface area (TPSA) is 36.9 Å². The highest BCUT2D eigenvalue weighted by Crippen LogP contribution is 2.49. The van der Waals surface area contributed by atoms with Gasteiger partial charge >= 0.3 is 0 Å². The molecule has 0 saturated heterocycles. The zero-order valence-corrected chi connectivity index (χ0v) is 15.3. The van der Waals surface area contributed by atoms with Crippen LogP contribution in [0.1, 0.15) is 30.5 Å². The molecule has 1 aliphatic rings. The number of nitriles is 1. The minimum atomic E-state index is -0.624. The molecule has 0 saturated carbocycles. The van der Waals surface area contributed by atoms with Gasteiger partial charge in [0.1, 0.15) is 12.8 Å². The van der Waals surface area contributed by atoms with E-state index in [1.165, 1.54) is 22.1 Å². The summed E-state index contributed by atoms with van der Waals surface area (Å²) in [6, 6.07) is 12.8. The number of aryl methyl sites for hydroxylation is 2. The van der Waals surface area contributed by atoms with Crippen molar-refractivity contribution in [3.8, 4) is 28.8 Å². The van der Waals surface area contributed by atoms with E-state index in [-0.39, 0.29) is 0 Å².